The SMILES string of the molecule is CN(CC(=O)Nc1ccc(N2CCOCC2)cc1)Cc1ccc(-c2ccc(Cl)cc2)o1. The molecule has 0 atom stereocenters. The second kappa shape index (κ2) is 10.0. The highest BCUT2D eigenvalue weighted by Crippen LogP contribution is 2.24. The zero-order valence-corrected chi connectivity index (χ0v) is 18.3. The van der Waals surface area contributed by atoms with Gasteiger partial charge in [0, 0.05) is 35.1 Å². The van der Waals surface area contributed by atoms with E-state index in [4.69, 9.17) is 20.8 Å². The van der Waals surface area contributed by atoms with Crippen LogP contribution in [0.2, 0.25) is 5.02 Å². The van der Waals surface area contributed by atoms with Gasteiger partial charge >= 0.3 is 0 Å². The second-order valence-corrected chi connectivity index (χ2v) is 8.08. The van der Waals surface area contributed by atoms with Gasteiger partial charge in [0.05, 0.1) is 26.3 Å². The van der Waals surface area contributed by atoms with Crippen LogP contribution in [0.3, 0.4) is 0 Å². The number of nitrogens with zero attached hydrogens (tertiary/aromatic N) is 2. The number of anilines is 2. The molecule has 0 spiro atoms. The van der Waals surface area contributed by atoms with Gasteiger partial charge in [-0.25, -0.2) is 0 Å². The Morgan fingerprint density at radius 1 is 1.03 bits per heavy atom. The third kappa shape index (κ3) is 5.88. The number of halogens is 1. The third-order valence-corrected chi connectivity index (χ3v) is 5.41. The van der Waals surface area contributed by atoms with Crippen molar-refractivity contribution in [3.8, 4) is 11.3 Å². The minimum absolute atomic E-state index is 0.0638. The molecule has 2 aromatic carbocycles. The Bertz CT molecular complexity index is 996. The highest BCUT2D eigenvalue weighted by molar-refractivity contribution is 6.30. The number of carbonyl (C=O) groups is 1. The first-order valence-electron chi connectivity index (χ1n) is 10.3. The van der Waals surface area contributed by atoms with Crippen LogP contribution in [-0.2, 0) is 16.1 Å². The van der Waals surface area contributed by atoms with Crippen molar-refractivity contribution in [3.63, 3.8) is 0 Å². The van der Waals surface area contributed by atoms with Crippen molar-refractivity contribution < 1.29 is 13.9 Å². The number of benzene rings is 2. The molecule has 1 fully saturated rings. The van der Waals surface area contributed by atoms with E-state index in [-0.39, 0.29) is 12.5 Å². The first-order valence-corrected chi connectivity index (χ1v) is 10.7. The Morgan fingerprint density at radius 3 is 2.45 bits per heavy atom. The average Bonchev–Trinajstić information content (AvgIpc) is 3.23. The van der Waals surface area contributed by atoms with E-state index in [0.29, 0.717) is 11.6 Å². The van der Waals surface area contributed by atoms with Gasteiger partial charge in [-0.15, -0.1) is 0 Å². The zero-order chi connectivity index (χ0) is 21.6. The Labute approximate surface area is 187 Å². The number of hydrogen-bond acceptors (Lipinski definition) is 5. The summed E-state index contributed by atoms with van der Waals surface area (Å²) in [6.07, 6.45) is 0. The molecule has 4 rings (SSSR count). The van der Waals surface area contributed by atoms with Gasteiger partial charge in [0.2, 0.25) is 5.91 Å². The van der Waals surface area contributed by atoms with E-state index in [0.717, 1.165) is 54.8 Å². The Morgan fingerprint density at radius 2 is 1.74 bits per heavy atom. The normalized spacial score (nSPS) is 14.1. The quantitative estimate of drug-likeness (QED) is 0.587. The van der Waals surface area contributed by atoms with Crippen molar-refractivity contribution >= 4 is 28.9 Å². The number of amides is 1. The molecule has 1 N–H and O–H groups in total. The van der Waals surface area contributed by atoms with Crippen LogP contribution >= 0.6 is 11.6 Å². The van der Waals surface area contributed by atoms with E-state index in [1.54, 1.807) is 0 Å². The van der Waals surface area contributed by atoms with Crippen molar-refractivity contribution in [3.05, 3.63) is 71.4 Å². The van der Waals surface area contributed by atoms with Crippen LogP contribution in [0.1, 0.15) is 5.76 Å². The van der Waals surface area contributed by atoms with E-state index in [1.807, 2.05) is 72.6 Å². The van der Waals surface area contributed by atoms with Crippen LogP contribution in [-0.4, -0.2) is 50.7 Å². The summed E-state index contributed by atoms with van der Waals surface area (Å²) in [6.45, 7) is 4.09. The summed E-state index contributed by atoms with van der Waals surface area (Å²) >= 11 is 5.94. The predicted octanol–water partition coefficient (Wildman–Crippen LogP) is 4.51. The molecule has 1 aliphatic heterocycles. The minimum Gasteiger partial charge on any atom is -0.460 e. The molecule has 1 aromatic heterocycles. The van der Waals surface area contributed by atoms with Gasteiger partial charge in [0.15, 0.2) is 0 Å². The summed E-state index contributed by atoms with van der Waals surface area (Å²) in [5, 5.41) is 3.65. The molecule has 6 nitrogen and oxygen atoms in total. The van der Waals surface area contributed by atoms with Gasteiger partial charge in [-0.1, -0.05) is 11.6 Å². The lowest BCUT2D eigenvalue weighted by molar-refractivity contribution is -0.117. The fourth-order valence-corrected chi connectivity index (χ4v) is 3.70. The van der Waals surface area contributed by atoms with Crippen LogP contribution in [0.4, 0.5) is 11.4 Å². The number of morpholine rings is 1. The van der Waals surface area contributed by atoms with Gasteiger partial charge in [0.1, 0.15) is 11.5 Å². The molecule has 1 amide bonds. The van der Waals surface area contributed by atoms with E-state index >= 15 is 0 Å². The van der Waals surface area contributed by atoms with Crippen molar-refractivity contribution in [2.24, 2.45) is 0 Å². The summed E-state index contributed by atoms with van der Waals surface area (Å²) in [7, 11) is 1.89. The topological polar surface area (TPSA) is 58.0 Å². The van der Waals surface area contributed by atoms with Gasteiger partial charge < -0.3 is 19.4 Å². The Hall–Kier alpha value is -2.80. The third-order valence-electron chi connectivity index (χ3n) is 5.16. The van der Waals surface area contributed by atoms with Crippen molar-refractivity contribution in [2.45, 2.75) is 6.54 Å². The van der Waals surface area contributed by atoms with Gasteiger partial charge in [0.25, 0.3) is 0 Å². The van der Waals surface area contributed by atoms with E-state index in [2.05, 4.69) is 10.2 Å². The first kappa shape index (κ1) is 21.4. The molecule has 3 aromatic rings. The molecule has 0 aliphatic carbocycles. The summed E-state index contributed by atoms with van der Waals surface area (Å²) in [6, 6.07) is 19.3. The van der Waals surface area contributed by atoms with Crippen molar-refractivity contribution in [1.29, 1.82) is 0 Å². The molecule has 0 saturated carbocycles. The molecule has 0 unspecified atom stereocenters. The van der Waals surface area contributed by atoms with Crippen LogP contribution < -0.4 is 10.2 Å². The lowest BCUT2D eigenvalue weighted by Gasteiger charge is -2.28. The molecule has 1 aliphatic rings. The Balaban J connectivity index is 1.27. The van der Waals surface area contributed by atoms with E-state index < -0.39 is 0 Å². The average molecular weight is 440 g/mol. The van der Waals surface area contributed by atoms with Crippen molar-refractivity contribution in [1.82, 2.24) is 4.90 Å². The molecular weight excluding hydrogens is 414 g/mol. The fraction of sp³-hybridized carbons (Fsp3) is 0.292. The second-order valence-electron chi connectivity index (χ2n) is 7.64. The lowest BCUT2D eigenvalue weighted by Crippen LogP contribution is -2.36. The summed E-state index contributed by atoms with van der Waals surface area (Å²) in [4.78, 5) is 16.6. The van der Waals surface area contributed by atoms with Gasteiger partial charge in [-0.05, 0) is 67.7 Å². The highest BCUT2D eigenvalue weighted by atomic mass is 35.5. The molecule has 0 radical (unpaired) electrons. The molecular formula is C24H26ClN3O3. The minimum atomic E-state index is -0.0638. The van der Waals surface area contributed by atoms with Crippen LogP contribution in [0.5, 0.6) is 0 Å². The number of nitrogens with one attached hydrogen (secondary N) is 1. The largest absolute Gasteiger partial charge is 0.460 e. The number of likely N-dealkylation sites (N-methyl/N-ethyl adjacent to an activating group) is 1. The standard InChI is InChI=1S/C24H26ClN3O3/c1-27(16-22-10-11-23(31-22)18-2-4-19(25)5-3-18)17-24(29)26-20-6-8-21(9-7-20)28-12-14-30-15-13-28/h2-11H,12-17H2,1H3,(H,26,29). The Kier molecular flexibility index (Phi) is 6.92. The van der Waals surface area contributed by atoms with Gasteiger partial charge in [-0.3, -0.25) is 9.69 Å². The maximum absolute atomic E-state index is 12.4. The predicted molar refractivity (Wildman–Crippen MR) is 124 cm³/mol. The number of carbonyl (C=O) groups excluding carboxylic acids is 1. The summed E-state index contributed by atoms with van der Waals surface area (Å²) in [5.41, 5.74) is 2.91. The highest BCUT2D eigenvalue weighted by Gasteiger charge is 2.13. The first-order chi connectivity index (χ1) is 15.1. The molecule has 0 bridgehead atoms. The van der Waals surface area contributed by atoms with E-state index in [1.165, 1.54) is 0 Å². The van der Waals surface area contributed by atoms with Crippen LogP contribution in [0.15, 0.2) is 65.1 Å². The lowest BCUT2D eigenvalue weighted by atomic mass is 10.2. The number of hydrogen-bond donors (Lipinski definition) is 1. The fourth-order valence-electron chi connectivity index (χ4n) is 3.58. The van der Waals surface area contributed by atoms with Crippen LogP contribution in [0.25, 0.3) is 11.3 Å². The summed E-state index contributed by atoms with van der Waals surface area (Å²) in [5.74, 6) is 1.52. The molecule has 7 heteroatoms. The molecule has 162 valence electrons. The number of rotatable bonds is 7. The number of ether oxygens (including phenoxy) is 1. The van der Waals surface area contributed by atoms with Crippen molar-refractivity contribution in [2.75, 3.05) is 50.1 Å². The maximum Gasteiger partial charge on any atom is 0.238 e. The molecule has 31 heavy (non-hydrogen) atoms. The van der Waals surface area contributed by atoms with E-state index in [9.17, 15) is 4.79 Å². The smallest absolute Gasteiger partial charge is 0.238 e. The van der Waals surface area contributed by atoms with Gasteiger partial charge in [-0.2, -0.15) is 0 Å². The van der Waals surface area contributed by atoms with Crippen LogP contribution in [0, 0.1) is 0 Å². The molecule has 1 saturated heterocycles. The maximum atomic E-state index is 12.4. The summed E-state index contributed by atoms with van der Waals surface area (Å²) < 4.78 is 11.3. The monoisotopic (exact) mass is 439 g/mol. The number of furan rings is 1. The molecule has 2 heterocycles. The zero-order valence-electron chi connectivity index (χ0n) is 17.5.